The SMILES string of the molecule is CCCCC[C@H](C)CC[C@H]1CCC(=O)C1CCCCCCC(=O)O. The monoisotopic (exact) mass is 338 g/mol. The first-order valence-corrected chi connectivity index (χ1v) is 10.3. The van der Waals surface area contributed by atoms with Crippen molar-refractivity contribution in [1.29, 1.82) is 0 Å². The first kappa shape index (κ1) is 21.2. The lowest BCUT2D eigenvalue weighted by molar-refractivity contribution is -0.137. The molecule has 0 amide bonds. The maximum Gasteiger partial charge on any atom is 0.303 e. The zero-order valence-corrected chi connectivity index (χ0v) is 15.9. The van der Waals surface area contributed by atoms with Crippen LogP contribution in [-0.2, 0) is 9.59 Å². The van der Waals surface area contributed by atoms with Crippen LogP contribution >= 0.6 is 0 Å². The summed E-state index contributed by atoms with van der Waals surface area (Å²) in [6, 6.07) is 0. The number of ketones is 1. The number of aliphatic carboxylic acids is 1. The Morgan fingerprint density at radius 2 is 1.83 bits per heavy atom. The van der Waals surface area contributed by atoms with E-state index in [1.54, 1.807) is 0 Å². The lowest BCUT2D eigenvalue weighted by Gasteiger charge is -2.20. The van der Waals surface area contributed by atoms with Crippen LogP contribution in [0.15, 0.2) is 0 Å². The Balaban J connectivity index is 2.19. The van der Waals surface area contributed by atoms with Crippen molar-refractivity contribution in [1.82, 2.24) is 0 Å². The fraction of sp³-hybridized carbons (Fsp3) is 0.905. The van der Waals surface area contributed by atoms with Gasteiger partial charge in [0.1, 0.15) is 5.78 Å². The Kier molecular flexibility index (Phi) is 11.0. The van der Waals surface area contributed by atoms with Crippen LogP contribution in [0.5, 0.6) is 0 Å². The second-order valence-electron chi connectivity index (χ2n) is 7.90. The van der Waals surface area contributed by atoms with E-state index < -0.39 is 5.97 Å². The van der Waals surface area contributed by atoms with E-state index in [9.17, 15) is 9.59 Å². The molecule has 0 aromatic heterocycles. The molecule has 3 atom stereocenters. The lowest BCUT2D eigenvalue weighted by Crippen LogP contribution is -2.15. The van der Waals surface area contributed by atoms with Crippen molar-refractivity contribution in [3.8, 4) is 0 Å². The minimum atomic E-state index is -0.700. The van der Waals surface area contributed by atoms with Gasteiger partial charge in [-0.2, -0.15) is 0 Å². The normalized spacial score (nSPS) is 22.0. The van der Waals surface area contributed by atoms with Crippen molar-refractivity contribution in [3.05, 3.63) is 0 Å². The molecule has 1 unspecified atom stereocenters. The third-order valence-corrected chi connectivity index (χ3v) is 5.73. The van der Waals surface area contributed by atoms with E-state index in [4.69, 9.17) is 5.11 Å². The molecule has 0 aromatic rings. The van der Waals surface area contributed by atoms with Crippen molar-refractivity contribution >= 4 is 11.8 Å². The fourth-order valence-corrected chi connectivity index (χ4v) is 4.10. The van der Waals surface area contributed by atoms with Gasteiger partial charge >= 0.3 is 5.97 Å². The van der Waals surface area contributed by atoms with Crippen molar-refractivity contribution in [2.24, 2.45) is 17.8 Å². The Morgan fingerprint density at radius 3 is 2.54 bits per heavy atom. The van der Waals surface area contributed by atoms with Gasteiger partial charge < -0.3 is 5.11 Å². The molecule has 1 N–H and O–H groups in total. The second-order valence-corrected chi connectivity index (χ2v) is 7.90. The molecule has 1 fully saturated rings. The summed E-state index contributed by atoms with van der Waals surface area (Å²) < 4.78 is 0. The molecule has 0 aromatic carbocycles. The summed E-state index contributed by atoms with van der Waals surface area (Å²) in [6.45, 7) is 4.62. The predicted molar refractivity (Wildman–Crippen MR) is 99.1 cm³/mol. The number of Topliss-reactive ketones (excluding diaryl/α,β-unsaturated/α-hetero) is 1. The number of hydrogen-bond acceptors (Lipinski definition) is 2. The van der Waals surface area contributed by atoms with Crippen LogP contribution in [0.3, 0.4) is 0 Å². The number of carboxylic acid groups (broad SMARTS) is 1. The molecule has 1 aliphatic rings. The van der Waals surface area contributed by atoms with Crippen LogP contribution in [0, 0.1) is 17.8 Å². The molecule has 0 heterocycles. The zero-order chi connectivity index (χ0) is 17.8. The Hall–Kier alpha value is -0.860. The third kappa shape index (κ3) is 8.84. The first-order chi connectivity index (χ1) is 11.5. The molecule has 24 heavy (non-hydrogen) atoms. The Bertz CT molecular complexity index is 364. The summed E-state index contributed by atoms with van der Waals surface area (Å²) in [5.41, 5.74) is 0. The van der Waals surface area contributed by atoms with Gasteiger partial charge in [0, 0.05) is 18.8 Å². The zero-order valence-electron chi connectivity index (χ0n) is 15.9. The molecule has 0 spiro atoms. The molecular weight excluding hydrogens is 300 g/mol. The summed E-state index contributed by atoms with van der Waals surface area (Å²) in [7, 11) is 0. The van der Waals surface area contributed by atoms with Gasteiger partial charge in [-0.15, -0.1) is 0 Å². The van der Waals surface area contributed by atoms with Crippen LogP contribution in [0.1, 0.15) is 104 Å². The van der Waals surface area contributed by atoms with Crippen LogP contribution in [0.25, 0.3) is 0 Å². The molecular formula is C21H38O3. The van der Waals surface area contributed by atoms with Gasteiger partial charge in [0.25, 0.3) is 0 Å². The number of hydrogen-bond donors (Lipinski definition) is 1. The highest BCUT2D eigenvalue weighted by Crippen LogP contribution is 2.37. The second kappa shape index (κ2) is 12.5. The maximum atomic E-state index is 12.2. The van der Waals surface area contributed by atoms with Crippen LogP contribution in [0.2, 0.25) is 0 Å². The third-order valence-electron chi connectivity index (χ3n) is 5.73. The maximum absolute atomic E-state index is 12.2. The molecule has 0 saturated heterocycles. The molecule has 1 aliphatic carbocycles. The smallest absolute Gasteiger partial charge is 0.303 e. The van der Waals surface area contributed by atoms with Crippen LogP contribution in [-0.4, -0.2) is 16.9 Å². The summed E-state index contributed by atoms with van der Waals surface area (Å²) in [5, 5.41) is 8.64. The molecule has 0 bridgehead atoms. The molecule has 0 radical (unpaired) electrons. The quantitative estimate of drug-likeness (QED) is 0.395. The fourth-order valence-electron chi connectivity index (χ4n) is 4.10. The van der Waals surface area contributed by atoms with Crippen LogP contribution in [0.4, 0.5) is 0 Å². The lowest BCUT2D eigenvalue weighted by atomic mass is 9.84. The highest BCUT2D eigenvalue weighted by atomic mass is 16.4. The molecule has 1 saturated carbocycles. The van der Waals surface area contributed by atoms with Gasteiger partial charge in [0.2, 0.25) is 0 Å². The standard InChI is InChI=1S/C21H38O3/c1-3-4-7-10-17(2)13-14-18-15-16-20(22)19(18)11-8-5-6-9-12-21(23)24/h17-19H,3-16H2,1-2H3,(H,23,24)/t17-,18-,19?/m0/s1. The van der Waals surface area contributed by atoms with E-state index >= 15 is 0 Å². The highest BCUT2D eigenvalue weighted by molar-refractivity contribution is 5.83. The van der Waals surface area contributed by atoms with Gasteiger partial charge in [-0.1, -0.05) is 65.2 Å². The molecule has 1 rings (SSSR count). The molecule has 0 aliphatic heterocycles. The van der Waals surface area contributed by atoms with Gasteiger partial charge in [0.15, 0.2) is 0 Å². The van der Waals surface area contributed by atoms with Gasteiger partial charge in [-0.25, -0.2) is 0 Å². The Labute approximate surface area is 148 Å². The minimum absolute atomic E-state index is 0.279. The predicted octanol–water partition coefficient (Wildman–Crippen LogP) is 6.00. The molecule has 140 valence electrons. The average Bonchev–Trinajstić information content (AvgIpc) is 2.89. The summed E-state index contributed by atoms with van der Waals surface area (Å²) >= 11 is 0. The summed E-state index contributed by atoms with van der Waals surface area (Å²) in [5.74, 6) is 1.50. The number of rotatable bonds is 14. The summed E-state index contributed by atoms with van der Waals surface area (Å²) in [6.07, 6.45) is 14.9. The van der Waals surface area contributed by atoms with E-state index in [1.807, 2.05) is 0 Å². The van der Waals surface area contributed by atoms with Crippen molar-refractivity contribution in [2.45, 2.75) is 104 Å². The largest absolute Gasteiger partial charge is 0.481 e. The van der Waals surface area contributed by atoms with Crippen molar-refractivity contribution in [2.75, 3.05) is 0 Å². The van der Waals surface area contributed by atoms with Gasteiger partial charge in [-0.3, -0.25) is 9.59 Å². The van der Waals surface area contributed by atoms with Crippen LogP contribution < -0.4 is 0 Å². The number of carbonyl (C=O) groups is 2. The average molecular weight is 339 g/mol. The van der Waals surface area contributed by atoms with E-state index in [0.717, 1.165) is 50.9 Å². The van der Waals surface area contributed by atoms with E-state index in [-0.39, 0.29) is 6.42 Å². The van der Waals surface area contributed by atoms with Gasteiger partial charge in [-0.05, 0) is 37.5 Å². The van der Waals surface area contributed by atoms with Gasteiger partial charge in [0.05, 0.1) is 0 Å². The van der Waals surface area contributed by atoms with Crippen molar-refractivity contribution in [3.63, 3.8) is 0 Å². The van der Waals surface area contributed by atoms with E-state index in [1.165, 1.54) is 38.5 Å². The first-order valence-electron chi connectivity index (χ1n) is 10.3. The molecule has 3 heteroatoms. The number of unbranched alkanes of at least 4 members (excludes halogenated alkanes) is 5. The minimum Gasteiger partial charge on any atom is -0.481 e. The topological polar surface area (TPSA) is 54.4 Å². The Morgan fingerprint density at radius 1 is 1.08 bits per heavy atom. The number of carbonyl (C=O) groups excluding carboxylic acids is 1. The van der Waals surface area contributed by atoms with Crippen molar-refractivity contribution < 1.29 is 14.7 Å². The highest BCUT2D eigenvalue weighted by Gasteiger charge is 2.33. The van der Waals surface area contributed by atoms with E-state index in [0.29, 0.717) is 17.6 Å². The molecule has 3 nitrogen and oxygen atoms in total. The van der Waals surface area contributed by atoms with E-state index in [2.05, 4.69) is 13.8 Å². The summed E-state index contributed by atoms with van der Waals surface area (Å²) in [4.78, 5) is 22.7. The number of carboxylic acids is 1.